The molecule has 6 nitrogen and oxygen atoms in total. The Kier molecular flexibility index (Phi) is 8.39. The van der Waals surface area contributed by atoms with E-state index >= 15 is 0 Å². The number of halogens is 3. The van der Waals surface area contributed by atoms with E-state index in [1.807, 2.05) is 6.07 Å². The lowest BCUT2D eigenvalue weighted by atomic mass is 10.1. The zero-order valence-electron chi connectivity index (χ0n) is 16.3. The van der Waals surface area contributed by atoms with Crippen LogP contribution in [0.5, 0.6) is 0 Å². The number of nitrogens with one attached hydrogen (secondary N) is 2. The molecule has 0 aliphatic heterocycles. The molecule has 2 aromatic rings. The highest BCUT2D eigenvalue weighted by molar-refractivity contribution is 7.89. The quantitative estimate of drug-likeness (QED) is 0.552. The third-order valence-electron chi connectivity index (χ3n) is 4.09. The van der Waals surface area contributed by atoms with Crippen LogP contribution in [0.2, 0.25) is 0 Å². The van der Waals surface area contributed by atoms with Crippen molar-refractivity contribution in [1.29, 1.82) is 0 Å². The second-order valence-electron chi connectivity index (χ2n) is 6.56. The van der Waals surface area contributed by atoms with Gasteiger partial charge in [0, 0.05) is 25.3 Å². The van der Waals surface area contributed by atoms with Gasteiger partial charge in [0.2, 0.25) is 10.0 Å². The van der Waals surface area contributed by atoms with Gasteiger partial charge < -0.3 is 10.1 Å². The highest BCUT2D eigenvalue weighted by atomic mass is 32.2. The molecule has 2 N–H and O–H groups in total. The second kappa shape index (κ2) is 10.6. The molecule has 164 valence electrons. The van der Waals surface area contributed by atoms with Crippen LogP contribution >= 0.6 is 0 Å². The number of sulfonamides is 1. The van der Waals surface area contributed by atoms with Gasteiger partial charge in [-0.1, -0.05) is 36.4 Å². The number of rotatable bonds is 10. The molecule has 0 heterocycles. The Morgan fingerprint density at radius 3 is 2.47 bits per heavy atom. The topological polar surface area (TPSA) is 84.5 Å². The van der Waals surface area contributed by atoms with Crippen molar-refractivity contribution in [3.8, 4) is 0 Å². The average Bonchev–Trinajstić information content (AvgIpc) is 2.69. The summed E-state index contributed by atoms with van der Waals surface area (Å²) in [7, 11) is -3.83. The van der Waals surface area contributed by atoms with Gasteiger partial charge in [0.25, 0.3) is 5.91 Å². The molecule has 0 radical (unpaired) electrons. The molecule has 0 bridgehead atoms. The Hall–Kier alpha value is -2.43. The number of ether oxygens (including phenoxy) is 1. The van der Waals surface area contributed by atoms with Crippen molar-refractivity contribution >= 4 is 15.9 Å². The van der Waals surface area contributed by atoms with Gasteiger partial charge in [0.05, 0.1) is 4.90 Å². The number of alkyl halides is 3. The lowest BCUT2D eigenvalue weighted by Gasteiger charge is -2.12. The molecule has 1 amide bonds. The minimum atomic E-state index is -4.39. The minimum Gasteiger partial charge on any atom is -0.372 e. The Bertz CT molecular complexity index is 948. The lowest BCUT2D eigenvalue weighted by molar-refractivity contribution is -0.173. The van der Waals surface area contributed by atoms with E-state index in [4.69, 9.17) is 0 Å². The summed E-state index contributed by atoms with van der Waals surface area (Å²) in [6.07, 6.45) is -4.20. The molecular weight excluding hydrogens is 421 g/mol. The van der Waals surface area contributed by atoms with E-state index in [9.17, 15) is 26.4 Å². The van der Waals surface area contributed by atoms with E-state index in [1.54, 1.807) is 31.2 Å². The molecule has 0 unspecified atom stereocenters. The van der Waals surface area contributed by atoms with Crippen LogP contribution in [0.3, 0.4) is 0 Å². The fraction of sp³-hybridized carbons (Fsp3) is 0.350. The van der Waals surface area contributed by atoms with Crippen molar-refractivity contribution in [3.63, 3.8) is 0 Å². The van der Waals surface area contributed by atoms with Crippen molar-refractivity contribution in [2.24, 2.45) is 0 Å². The molecule has 10 heteroatoms. The number of aryl methyl sites for hydroxylation is 1. The predicted molar refractivity (Wildman–Crippen MR) is 105 cm³/mol. The smallest absolute Gasteiger partial charge is 0.372 e. The van der Waals surface area contributed by atoms with Crippen LogP contribution in [0.15, 0.2) is 53.4 Å². The summed E-state index contributed by atoms with van der Waals surface area (Å²) in [4.78, 5) is 12.3. The average molecular weight is 444 g/mol. The summed E-state index contributed by atoms with van der Waals surface area (Å²) in [5.41, 5.74) is 1.54. The molecule has 0 spiro atoms. The molecular formula is C20H23F3N2O4S. The number of amides is 1. The SMILES string of the molecule is Cc1ccc(S(=O)(=O)NCc2ccccc2)cc1C(=O)NCCCOCC(F)(F)F. The zero-order valence-corrected chi connectivity index (χ0v) is 17.1. The molecule has 0 aliphatic rings. The number of benzene rings is 2. The summed E-state index contributed by atoms with van der Waals surface area (Å²) in [5.74, 6) is -0.511. The lowest BCUT2D eigenvalue weighted by Crippen LogP contribution is -2.28. The van der Waals surface area contributed by atoms with E-state index in [0.29, 0.717) is 5.56 Å². The Labute approximate surface area is 173 Å². The van der Waals surface area contributed by atoms with Crippen LogP contribution in [0, 0.1) is 6.92 Å². The first kappa shape index (κ1) is 23.8. The van der Waals surface area contributed by atoms with Crippen molar-refractivity contribution in [2.45, 2.75) is 31.0 Å². The van der Waals surface area contributed by atoms with Gasteiger partial charge in [-0.3, -0.25) is 4.79 Å². The molecule has 30 heavy (non-hydrogen) atoms. The molecule has 0 aliphatic carbocycles. The van der Waals surface area contributed by atoms with Gasteiger partial charge >= 0.3 is 6.18 Å². The summed E-state index contributed by atoms with van der Waals surface area (Å²) in [5, 5.41) is 2.56. The van der Waals surface area contributed by atoms with Crippen LogP contribution in [0.1, 0.15) is 27.9 Å². The Morgan fingerprint density at radius 2 is 1.80 bits per heavy atom. The molecule has 0 saturated heterocycles. The fourth-order valence-corrected chi connectivity index (χ4v) is 3.57. The molecule has 0 atom stereocenters. The third-order valence-corrected chi connectivity index (χ3v) is 5.49. The Balaban J connectivity index is 1.94. The normalized spacial score (nSPS) is 12.0. The van der Waals surface area contributed by atoms with Crippen LogP contribution < -0.4 is 10.0 Å². The van der Waals surface area contributed by atoms with Crippen LogP contribution in [0.4, 0.5) is 13.2 Å². The Morgan fingerprint density at radius 1 is 1.10 bits per heavy atom. The van der Waals surface area contributed by atoms with Crippen molar-refractivity contribution in [2.75, 3.05) is 19.8 Å². The fourth-order valence-electron chi connectivity index (χ4n) is 2.53. The molecule has 0 aromatic heterocycles. The molecule has 2 rings (SSSR count). The van der Waals surface area contributed by atoms with E-state index in [-0.39, 0.29) is 36.6 Å². The van der Waals surface area contributed by atoms with Gasteiger partial charge in [-0.2, -0.15) is 13.2 Å². The number of hydrogen-bond acceptors (Lipinski definition) is 4. The van der Waals surface area contributed by atoms with Crippen molar-refractivity contribution in [3.05, 3.63) is 65.2 Å². The van der Waals surface area contributed by atoms with Crippen LogP contribution in [-0.2, 0) is 21.3 Å². The molecule has 2 aromatic carbocycles. The molecule has 0 saturated carbocycles. The van der Waals surface area contributed by atoms with Gasteiger partial charge in [0.1, 0.15) is 6.61 Å². The third kappa shape index (κ3) is 7.77. The number of carbonyl (C=O) groups is 1. The minimum absolute atomic E-state index is 0.0531. The van der Waals surface area contributed by atoms with Crippen LogP contribution in [-0.4, -0.2) is 40.3 Å². The first-order chi connectivity index (χ1) is 14.1. The van der Waals surface area contributed by atoms with Gasteiger partial charge in [0.15, 0.2) is 0 Å². The maximum absolute atomic E-state index is 12.6. The summed E-state index contributed by atoms with van der Waals surface area (Å²) >= 11 is 0. The van der Waals surface area contributed by atoms with E-state index in [1.165, 1.54) is 18.2 Å². The zero-order chi connectivity index (χ0) is 22.2. The van der Waals surface area contributed by atoms with Crippen molar-refractivity contribution < 1.29 is 31.1 Å². The highest BCUT2D eigenvalue weighted by Gasteiger charge is 2.27. The van der Waals surface area contributed by atoms with E-state index < -0.39 is 28.7 Å². The van der Waals surface area contributed by atoms with Gasteiger partial charge in [-0.15, -0.1) is 0 Å². The standard InChI is InChI=1S/C20H23F3N2O4S/c1-15-8-9-17(30(27,28)25-13-16-6-3-2-4-7-16)12-18(15)19(26)24-10-5-11-29-14-20(21,22)23/h2-4,6-9,12,25H,5,10-11,13-14H2,1H3,(H,24,26). The van der Waals surface area contributed by atoms with Crippen LogP contribution in [0.25, 0.3) is 0 Å². The van der Waals surface area contributed by atoms with Crippen molar-refractivity contribution in [1.82, 2.24) is 10.0 Å². The second-order valence-corrected chi connectivity index (χ2v) is 8.33. The predicted octanol–water partition coefficient (Wildman–Crippen LogP) is 3.17. The summed E-state index contributed by atoms with van der Waals surface area (Å²) in [6.45, 7) is 0.373. The van der Waals surface area contributed by atoms with E-state index in [2.05, 4.69) is 14.8 Å². The van der Waals surface area contributed by atoms with Gasteiger partial charge in [-0.25, -0.2) is 13.1 Å². The molecule has 0 fully saturated rings. The highest BCUT2D eigenvalue weighted by Crippen LogP contribution is 2.17. The van der Waals surface area contributed by atoms with Gasteiger partial charge in [-0.05, 0) is 36.6 Å². The monoisotopic (exact) mass is 444 g/mol. The maximum Gasteiger partial charge on any atom is 0.411 e. The maximum atomic E-state index is 12.6. The summed E-state index contributed by atoms with van der Waals surface area (Å²) in [6, 6.07) is 13.2. The largest absolute Gasteiger partial charge is 0.411 e. The van der Waals surface area contributed by atoms with E-state index in [0.717, 1.165) is 5.56 Å². The number of carbonyl (C=O) groups excluding carboxylic acids is 1. The first-order valence-electron chi connectivity index (χ1n) is 9.15. The first-order valence-corrected chi connectivity index (χ1v) is 10.6. The summed E-state index contributed by atoms with van der Waals surface area (Å²) < 4.78 is 68.1. The number of hydrogen-bond donors (Lipinski definition) is 2.